The normalized spacial score (nSPS) is 21.3. The van der Waals surface area contributed by atoms with Gasteiger partial charge in [0.05, 0.1) is 18.7 Å². The molecule has 1 aromatic rings. The third-order valence-electron chi connectivity index (χ3n) is 4.51. The van der Waals surface area contributed by atoms with Crippen LogP contribution in [0.4, 0.5) is 0 Å². The SMILES string of the molecule is COCCN1C(=O)c2ccc(C(=O)N3CCNC[C@@H]3C)cc2S1(=O)=O.Cl. The molecule has 0 aromatic heterocycles. The van der Waals surface area contributed by atoms with E-state index in [2.05, 4.69) is 5.32 Å². The molecule has 2 aliphatic rings. The van der Waals surface area contributed by atoms with Gasteiger partial charge in [0.2, 0.25) is 0 Å². The molecule has 2 heterocycles. The molecule has 0 saturated carbocycles. The van der Waals surface area contributed by atoms with Crippen LogP contribution in [0.2, 0.25) is 0 Å². The molecule has 26 heavy (non-hydrogen) atoms. The van der Waals surface area contributed by atoms with Crippen molar-refractivity contribution in [1.29, 1.82) is 0 Å². The first-order valence-electron chi connectivity index (χ1n) is 8.09. The Labute approximate surface area is 158 Å². The number of sulfonamides is 1. The molecule has 0 aliphatic carbocycles. The van der Waals surface area contributed by atoms with Crippen LogP contribution in [0.1, 0.15) is 27.6 Å². The first-order valence-corrected chi connectivity index (χ1v) is 9.53. The third-order valence-corrected chi connectivity index (χ3v) is 6.34. The van der Waals surface area contributed by atoms with Crippen LogP contribution >= 0.6 is 12.4 Å². The number of nitrogens with zero attached hydrogens (tertiary/aromatic N) is 2. The lowest BCUT2D eigenvalue weighted by molar-refractivity contribution is 0.0655. The van der Waals surface area contributed by atoms with E-state index >= 15 is 0 Å². The van der Waals surface area contributed by atoms with Crippen LogP contribution in [0.25, 0.3) is 0 Å². The number of methoxy groups -OCH3 is 1. The highest BCUT2D eigenvalue weighted by Crippen LogP contribution is 2.31. The Bertz CT molecular complexity index is 814. The molecular weight excluding hydrogens is 382 g/mol. The third kappa shape index (κ3) is 3.44. The molecule has 0 unspecified atom stereocenters. The predicted octanol–water partition coefficient (Wildman–Crippen LogP) is 0.333. The molecule has 144 valence electrons. The summed E-state index contributed by atoms with van der Waals surface area (Å²) in [6.45, 7) is 3.95. The number of nitrogens with one attached hydrogen (secondary N) is 1. The van der Waals surface area contributed by atoms with E-state index in [-0.39, 0.29) is 53.5 Å². The summed E-state index contributed by atoms with van der Waals surface area (Å²) >= 11 is 0. The molecule has 8 nitrogen and oxygen atoms in total. The van der Waals surface area contributed by atoms with Gasteiger partial charge in [0.25, 0.3) is 21.8 Å². The summed E-state index contributed by atoms with van der Waals surface area (Å²) in [5.41, 5.74) is 0.374. The van der Waals surface area contributed by atoms with Crippen molar-refractivity contribution in [3.8, 4) is 0 Å². The van der Waals surface area contributed by atoms with Crippen molar-refractivity contribution in [3.63, 3.8) is 0 Å². The van der Waals surface area contributed by atoms with Gasteiger partial charge in [-0.1, -0.05) is 0 Å². The molecular formula is C16H22ClN3O5S. The summed E-state index contributed by atoms with van der Waals surface area (Å²) in [6.07, 6.45) is 0. The number of benzene rings is 1. The highest BCUT2D eigenvalue weighted by atomic mass is 35.5. The van der Waals surface area contributed by atoms with Gasteiger partial charge in [-0.3, -0.25) is 9.59 Å². The second-order valence-electron chi connectivity index (χ2n) is 6.14. The maximum Gasteiger partial charge on any atom is 0.269 e. The van der Waals surface area contributed by atoms with E-state index < -0.39 is 15.9 Å². The summed E-state index contributed by atoms with van der Waals surface area (Å²) in [4.78, 5) is 26.7. The van der Waals surface area contributed by atoms with Gasteiger partial charge in [-0.2, -0.15) is 0 Å². The number of halogens is 1. The van der Waals surface area contributed by atoms with Crippen molar-refractivity contribution in [2.45, 2.75) is 17.9 Å². The summed E-state index contributed by atoms with van der Waals surface area (Å²) < 4.78 is 30.9. The molecule has 1 saturated heterocycles. The topological polar surface area (TPSA) is 96.0 Å². The fourth-order valence-corrected chi connectivity index (χ4v) is 4.69. The van der Waals surface area contributed by atoms with Crippen LogP contribution in [-0.4, -0.2) is 75.4 Å². The van der Waals surface area contributed by atoms with Crippen molar-refractivity contribution in [1.82, 2.24) is 14.5 Å². The van der Waals surface area contributed by atoms with Crippen molar-refractivity contribution >= 4 is 34.2 Å². The van der Waals surface area contributed by atoms with Gasteiger partial charge < -0.3 is 15.0 Å². The molecule has 1 atom stereocenters. The number of piperazine rings is 1. The number of fused-ring (bicyclic) bond motifs is 1. The fraction of sp³-hybridized carbons (Fsp3) is 0.500. The van der Waals surface area contributed by atoms with Crippen molar-refractivity contribution in [2.75, 3.05) is 39.9 Å². The summed E-state index contributed by atoms with van der Waals surface area (Å²) in [6, 6.07) is 4.27. The molecule has 1 aromatic carbocycles. The van der Waals surface area contributed by atoms with Gasteiger partial charge in [-0.05, 0) is 25.1 Å². The summed E-state index contributed by atoms with van der Waals surface area (Å²) in [7, 11) is -2.51. The Morgan fingerprint density at radius 2 is 2.12 bits per heavy atom. The zero-order chi connectivity index (χ0) is 18.2. The monoisotopic (exact) mass is 403 g/mol. The number of carbonyl (C=O) groups is 2. The highest BCUT2D eigenvalue weighted by molar-refractivity contribution is 7.90. The quantitative estimate of drug-likeness (QED) is 0.778. The Hall–Kier alpha value is -1.68. The van der Waals surface area contributed by atoms with E-state index in [1.165, 1.54) is 25.3 Å². The van der Waals surface area contributed by atoms with Gasteiger partial charge >= 0.3 is 0 Å². The zero-order valence-electron chi connectivity index (χ0n) is 14.6. The van der Waals surface area contributed by atoms with Crippen LogP contribution < -0.4 is 5.32 Å². The minimum absolute atomic E-state index is 0. The molecule has 0 radical (unpaired) electrons. The van der Waals surface area contributed by atoms with E-state index in [0.717, 1.165) is 4.31 Å². The van der Waals surface area contributed by atoms with Crippen LogP contribution in [0.5, 0.6) is 0 Å². The average Bonchev–Trinajstić information content (AvgIpc) is 2.79. The Morgan fingerprint density at radius 3 is 2.77 bits per heavy atom. The molecule has 1 fully saturated rings. The first-order chi connectivity index (χ1) is 11.9. The summed E-state index contributed by atoms with van der Waals surface area (Å²) in [5.74, 6) is -0.809. The van der Waals surface area contributed by atoms with Gasteiger partial charge in [-0.15, -0.1) is 12.4 Å². The first kappa shape index (κ1) is 20.6. The summed E-state index contributed by atoms with van der Waals surface area (Å²) in [5, 5.41) is 3.20. The standard InChI is InChI=1S/C16H21N3O5S.ClH/c1-11-10-17-5-6-18(11)15(20)12-3-4-13-14(9-12)25(22,23)19(16(13)21)7-8-24-2;/h3-4,9,11,17H,5-8,10H2,1-2H3;1H/t11-;/m0./s1. The predicted molar refractivity (Wildman–Crippen MR) is 97.2 cm³/mol. The smallest absolute Gasteiger partial charge is 0.269 e. The number of hydrogen-bond acceptors (Lipinski definition) is 6. The fourth-order valence-electron chi connectivity index (χ4n) is 3.11. The number of ether oxygens (including phenoxy) is 1. The zero-order valence-corrected chi connectivity index (χ0v) is 16.2. The Balaban J connectivity index is 0.00000243. The molecule has 0 spiro atoms. The van der Waals surface area contributed by atoms with Crippen LogP contribution in [0.15, 0.2) is 23.1 Å². The van der Waals surface area contributed by atoms with E-state index in [1.54, 1.807) is 4.90 Å². The average molecular weight is 404 g/mol. The number of rotatable bonds is 4. The maximum absolute atomic E-state index is 12.7. The molecule has 2 aliphatic heterocycles. The highest BCUT2D eigenvalue weighted by Gasteiger charge is 2.41. The van der Waals surface area contributed by atoms with Crippen LogP contribution in [0.3, 0.4) is 0 Å². The minimum atomic E-state index is -3.95. The second kappa shape index (κ2) is 7.91. The largest absolute Gasteiger partial charge is 0.383 e. The lowest BCUT2D eigenvalue weighted by atomic mass is 10.1. The van der Waals surface area contributed by atoms with E-state index in [1.807, 2.05) is 6.92 Å². The number of amides is 2. The molecule has 0 bridgehead atoms. The number of carbonyl (C=O) groups excluding carboxylic acids is 2. The molecule has 3 rings (SSSR count). The van der Waals surface area contributed by atoms with E-state index in [0.29, 0.717) is 19.6 Å². The molecule has 2 amide bonds. The lowest BCUT2D eigenvalue weighted by Crippen LogP contribution is -2.52. The van der Waals surface area contributed by atoms with E-state index in [4.69, 9.17) is 4.74 Å². The van der Waals surface area contributed by atoms with Crippen molar-refractivity contribution in [3.05, 3.63) is 29.3 Å². The maximum atomic E-state index is 12.7. The van der Waals surface area contributed by atoms with Crippen molar-refractivity contribution in [2.24, 2.45) is 0 Å². The Kier molecular flexibility index (Phi) is 6.28. The lowest BCUT2D eigenvalue weighted by Gasteiger charge is -2.34. The van der Waals surface area contributed by atoms with Crippen LogP contribution in [-0.2, 0) is 14.8 Å². The van der Waals surface area contributed by atoms with E-state index in [9.17, 15) is 18.0 Å². The minimum Gasteiger partial charge on any atom is -0.383 e. The van der Waals surface area contributed by atoms with Gasteiger partial charge in [0, 0.05) is 38.3 Å². The van der Waals surface area contributed by atoms with Gasteiger partial charge in [-0.25, -0.2) is 12.7 Å². The number of hydrogen-bond donors (Lipinski definition) is 1. The van der Waals surface area contributed by atoms with Crippen molar-refractivity contribution < 1.29 is 22.7 Å². The van der Waals surface area contributed by atoms with Crippen LogP contribution in [0, 0.1) is 0 Å². The second-order valence-corrected chi connectivity index (χ2v) is 7.97. The molecule has 10 heteroatoms. The molecule has 1 N–H and O–H groups in total. The Morgan fingerprint density at radius 1 is 1.38 bits per heavy atom. The van der Waals surface area contributed by atoms with Gasteiger partial charge in [0.15, 0.2) is 0 Å². The van der Waals surface area contributed by atoms with Gasteiger partial charge in [0.1, 0.15) is 4.90 Å².